The van der Waals surface area contributed by atoms with Crippen molar-refractivity contribution in [3.63, 3.8) is 0 Å². The molecule has 1 aliphatic rings. The van der Waals surface area contributed by atoms with Crippen molar-refractivity contribution in [3.8, 4) is 0 Å². The van der Waals surface area contributed by atoms with Gasteiger partial charge in [0.15, 0.2) is 5.60 Å². The van der Waals surface area contributed by atoms with E-state index in [1.165, 1.54) is 24.5 Å². The van der Waals surface area contributed by atoms with Crippen LogP contribution in [-0.4, -0.2) is 45.9 Å². The number of amides is 2. The Kier molecular flexibility index (Phi) is 2.89. The number of nitrogens with one attached hydrogen (secondary N) is 1. The maximum absolute atomic E-state index is 12.3. The van der Waals surface area contributed by atoms with Gasteiger partial charge in [0, 0.05) is 18.1 Å². The van der Waals surface area contributed by atoms with Gasteiger partial charge in [0.25, 0.3) is 0 Å². The van der Waals surface area contributed by atoms with E-state index in [4.69, 9.17) is 0 Å². The first-order valence-electron chi connectivity index (χ1n) is 5.07. The van der Waals surface area contributed by atoms with Crippen molar-refractivity contribution in [1.29, 1.82) is 0 Å². The minimum atomic E-state index is -4.72. The molecule has 1 aliphatic heterocycles. The summed E-state index contributed by atoms with van der Waals surface area (Å²) in [5.41, 5.74) is -2.36. The van der Waals surface area contributed by atoms with Crippen LogP contribution < -0.4 is 5.32 Å². The van der Waals surface area contributed by atoms with Crippen molar-refractivity contribution in [2.45, 2.75) is 11.8 Å². The van der Waals surface area contributed by atoms with Gasteiger partial charge >= 0.3 is 12.2 Å². The maximum atomic E-state index is 12.3. The minimum absolute atomic E-state index is 0.428. The number of aromatic nitrogens is 1. The van der Waals surface area contributed by atoms with Crippen LogP contribution in [0.4, 0.5) is 23.7 Å². The van der Waals surface area contributed by atoms with Crippen LogP contribution in [0.2, 0.25) is 0 Å². The number of carbonyl (C=O) groups is 1. The van der Waals surface area contributed by atoms with Crippen LogP contribution in [0, 0.1) is 0 Å². The number of likely N-dealkylation sites (tertiary alicyclic amines) is 1. The van der Waals surface area contributed by atoms with Crippen molar-refractivity contribution in [2.24, 2.45) is 0 Å². The van der Waals surface area contributed by atoms with Crippen LogP contribution in [0.25, 0.3) is 0 Å². The second kappa shape index (κ2) is 4.13. The standard InChI is InChI=1S/C10H10F3N3O2/c11-10(12,13)9(18)5-16(6-9)8(17)15-7-1-3-14-4-2-7/h1-4,18H,5-6H2,(H,14,15,17). The molecule has 1 aromatic rings. The van der Waals surface area contributed by atoms with Gasteiger partial charge in [-0.1, -0.05) is 0 Å². The number of anilines is 1. The lowest BCUT2D eigenvalue weighted by Gasteiger charge is -2.46. The highest BCUT2D eigenvalue weighted by Crippen LogP contribution is 2.37. The van der Waals surface area contributed by atoms with Crippen molar-refractivity contribution in [3.05, 3.63) is 24.5 Å². The highest BCUT2D eigenvalue weighted by molar-refractivity contribution is 5.90. The van der Waals surface area contributed by atoms with Gasteiger partial charge in [0.2, 0.25) is 0 Å². The van der Waals surface area contributed by atoms with E-state index >= 15 is 0 Å². The lowest BCUT2D eigenvalue weighted by atomic mass is 9.94. The van der Waals surface area contributed by atoms with Crippen LogP contribution in [0.3, 0.4) is 0 Å². The van der Waals surface area contributed by atoms with E-state index in [2.05, 4.69) is 10.3 Å². The van der Waals surface area contributed by atoms with Crippen molar-refractivity contribution >= 4 is 11.7 Å². The first kappa shape index (κ1) is 12.6. The van der Waals surface area contributed by atoms with E-state index in [1.54, 1.807) is 0 Å². The summed E-state index contributed by atoms with van der Waals surface area (Å²) in [4.78, 5) is 16.1. The van der Waals surface area contributed by atoms with Crippen LogP contribution in [-0.2, 0) is 0 Å². The summed E-state index contributed by atoms with van der Waals surface area (Å²) in [5, 5.41) is 11.6. The number of pyridine rings is 1. The summed E-state index contributed by atoms with van der Waals surface area (Å²) in [6, 6.07) is 2.33. The van der Waals surface area contributed by atoms with Gasteiger partial charge in [0.1, 0.15) is 0 Å². The zero-order chi connectivity index (χ0) is 13.4. The average Bonchev–Trinajstić information content (AvgIpc) is 2.24. The van der Waals surface area contributed by atoms with E-state index in [0.717, 1.165) is 4.90 Å². The SMILES string of the molecule is O=C(Nc1ccncc1)N1CC(O)(C(F)(F)F)C1. The molecule has 0 atom stereocenters. The van der Waals surface area contributed by atoms with Gasteiger partial charge in [-0.3, -0.25) is 4.98 Å². The number of carbonyl (C=O) groups excluding carboxylic acids is 1. The molecule has 0 unspecified atom stereocenters. The molecule has 2 amide bonds. The molecule has 2 N–H and O–H groups in total. The molecule has 18 heavy (non-hydrogen) atoms. The first-order valence-corrected chi connectivity index (χ1v) is 5.07. The largest absolute Gasteiger partial charge is 0.420 e. The van der Waals surface area contributed by atoms with Gasteiger partial charge in [-0.25, -0.2) is 4.79 Å². The van der Waals surface area contributed by atoms with Crippen LogP contribution in [0.1, 0.15) is 0 Å². The molecule has 5 nitrogen and oxygen atoms in total. The zero-order valence-electron chi connectivity index (χ0n) is 9.11. The molecule has 0 radical (unpaired) electrons. The van der Waals surface area contributed by atoms with Crippen LogP contribution >= 0.6 is 0 Å². The molecular formula is C10H10F3N3O2. The number of halogens is 3. The van der Waals surface area contributed by atoms with Crippen molar-refractivity contribution in [1.82, 2.24) is 9.88 Å². The predicted molar refractivity (Wildman–Crippen MR) is 55.8 cm³/mol. The number of urea groups is 1. The van der Waals surface area contributed by atoms with Gasteiger partial charge in [-0.05, 0) is 12.1 Å². The highest BCUT2D eigenvalue weighted by Gasteiger charge is 2.62. The Morgan fingerprint density at radius 3 is 2.44 bits per heavy atom. The molecule has 2 rings (SSSR count). The lowest BCUT2D eigenvalue weighted by Crippen LogP contribution is -2.70. The molecule has 0 aliphatic carbocycles. The summed E-state index contributed by atoms with van der Waals surface area (Å²) in [6.07, 6.45) is -1.84. The number of aliphatic hydroxyl groups is 1. The molecule has 1 fully saturated rings. The third kappa shape index (κ3) is 2.23. The first-order chi connectivity index (χ1) is 8.32. The lowest BCUT2D eigenvalue weighted by molar-refractivity contribution is -0.293. The number of β-amino-alcohol motifs (C(OH)–C–C–N with tert-alkyl or cyclic N) is 1. The Morgan fingerprint density at radius 2 is 1.94 bits per heavy atom. The third-order valence-corrected chi connectivity index (χ3v) is 2.65. The second-order valence-electron chi connectivity index (χ2n) is 4.05. The zero-order valence-corrected chi connectivity index (χ0v) is 9.11. The summed E-state index contributed by atoms with van der Waals surface area (Å²) >= 11 is 0. The Bertz CT molecular complexity index is 443. The summed E-state index contributed by atoms with van der Waals surface area (Å²) in [7, 11) is 0. The van der Waals surface area contributed by atoms with Gasteiger partial charge in [0.05, 0.1) is 13.1 Å². The molecule has 2 heterocycles. The van der Waals surface area contributed by atoms with E-state index in [9.17, 15) is 23.1 Å². The fourth-order valence-electron chi connectivity index (χ4n) is 1.55. The summed E-state index contributed by atoms with van der Waals surface area (Å²) in [6.45, 7) is -1.51. The molecular weight excluding hydrogens is 251 g/mol. The van der Waals surface area contributed by atoms with Crippen molar-refractivity contribution < 1.29 is 23.1 Å². The quantitative estimate of drug-likeness (QED) is 0.799. The normalized spacial score (nSPS) is 18.1. The smallest absolute Gasteiger partial charge is 0.378 e. The molecule has 1 saturated heterocycles. The maximum Gasteiger partial charge on any atom is 0.420 e. The van der Waals surface area contributed by atoms with Crippen LogP contribution in [0.5, 0.6) is 0 Å². The Hall–Kier alpha value is -1.83. The minimum Gasteiger partial charge on any atom is -0.378 e. The Labute approximate surface area is 100 Å². The second-order valence-corrected chi connectivity index (χ2v) is 4.05. The molecule has 1 aromatic heterocycles. The summed E-state index contributed by atoms with van der Waals surface area (Å²) < 4.78 is 37.0. The number of rotatable bonds is 1. The molecule has 0 aromatic carbocycles. The summed E-state index contributed by atoms with van der Waals surface area (Å²) in [5.74, 6) is 0. The number of hydrogen-bond acceptors (Lipinski definition) is 3. The topological polar surface area (TPSA) is 65.5 Å². The number of nitrogens with zero attached hydrogens (tertiary/aromatic N) is 2. The molecule has 0 spiro atoms. The Morgan fingerprint density at radius 1 is 1.39 bits per heavy atom. The molecule has 0 bridgehead atoms. The van der Waals surface area contributed by atoms with Gasteiger partial charge in [-0.2, -0.15) is 13.2 Å². The molecule has 98 valence electrons. The van der Waals surface area contributed by atoms with E-state index in [1.807, 2.05) is 0 Å². The van der Waals surface area contributed by atoms with Crippen LogP contribution in [0.15, 0.2) is 24.5 Å². The number of hydrogen-bond donors (Lipinski definition) is 2. The van der Waals surface area contributed by atoms with E-state index in [0.29, 0.717) is 5.69 Å². The third-order valence-electron chi connectivity index (χ3n) is 2.65. The van der Waals surface area contributed by atoms with Gasteiger partial charge < -0.3 is 15.3 Å². The van der Waals surface area contributed by atoms with Crippen molar-refractivity contribution in [2.75, 3.05) is 18.4 Å². The molecule has 0 saturated carbocycles. The van der Waals surface area contributed by atoms with E-state index < -0.39 is 30.9 Å². The number of alkyl halides is 3. The fraction of sp³-hybridized carbons (Fsp3) is 0.400. The monoisotopic (exact) mass is 261 g/mol. The predicted octanol–water partition coefficient (Wildman–Crippen LogP) is 1.22. The van der Waals surface area contributed by atoms with E-state index in [-0.39, 0.29) is 0 Å². The average molecular weight is 261 g/mol. The molecule has 8 heteroatoms. The fourth-order valence-corrected chi connectivity index (χ4v) is 1.55. The Balaban J connectivity index is 1.91. The highest BCUT2D eigenvalue weighted by atomic mass is 19.4. The van der Waals surface area contributed by atoms with Gasteiger partial charge in [-0.15, -0.1) is 0 Å².